The Labute approximate surface area is 250 Å². The predicted octanol–water partition coefficient (Wildman–Crippen LogP) is 3.47. The molecule has 0 fully saturated rings. The minimum Gasteiger partial charge on any atom is -0.489 e. The predicted molar refractivity (Wildman–Crippen MR) is 165 cm³/mol. The molecule has 0 aliphatic heterocycles. The number of anilines is 4. The van der Waals surface area contributed by atoms with Crippen molar-refractivity contribution in [2.45, 2.75) is 6.61 Å². The number of aromatic nitrogens is 3. The Morgan fingerprint density at radius 3 is 1.95 bits per heavy atom. The van der Waals surface area contributed by atoms with E-state index in [0.717, 1.165) is 17.0 Å². The van der Waals surface area contributed by atoms with E-state index in [9.17, 15) is 9.90 Å². The summed E-state index contributed by atoms with van der Waals surface area (Å²) in [5.41, 5.74) is 2.49. The molecular weight excluding hydrogens is 550 g/mol. The van der Waals surface area contributed by atoms with Crippen molar-refractivity contribution in [3.63, 3.8) is 0 Å². The zero-order valence-electron chi connectivity index (χ0n) is 23.9. The number of ether oxygens (including phenoxy) is 3. The molecule has 0 saturated carbocycles. The van der Waals surface area contributed by atoms with Crippen molar-refractivity contribution in [3.05, 3.63) is 96.1 Å². The van der Waals surface area contributed by atoms with E-state index in [-0.39, 0.29) is 12.5 Å². The quantitative estimate of drug-likeness (QED) is 0.103. The molecule has 0 aliphatic carbocycles. The number of hydrogen-bond acceptors (Lipinski definition) is 11. The number of rotatable bonds is 19. The van der Waals surface area contributed by atoms with Crippen LogP contribution in [0.2, 0.25) is 0 Å². The molecule has 1 heterocycles. The molecule has 0 aliphatic rings. The first-order chi connectivity index (χ1) is 21.2. The molecule has 0 bridgehead atoms. The summed E-state index contributed by atoms with van der Waals surface area (Å²) in [4.78, 5) is 25.2. The van der Waals surface area contributed by atoms with Gasteiger partial charge in [-0.25, -0.2) is 0 Å². The lowest BCUT2D eigenvalue weighted by Crippen LogP contribution is -2.27. The van der Waals surface area contributed by atoms with Gasteiger partial charge in [0.1, 0.15) is 12.4 Å². The smallest absolute Gasteiger partial charge is 0.251 e. The molecule has 226 valence electrons. The Morgan fingerprint density at radius 2 is 1.28 bits per heavy atom. The first-order valence-corrected chi connectivity index (χ1v) is 14.1. The van der Waals surface area contributed by atoms with Gasteiger partial charge < -0.3 is 40.6 Å². The van der Waals surface area contributed by atoms with Crippen LogP contribution in [-0.2, 0) is 16.1 Å². The summed E-state index contributed by atoms with van der Waals surface area (Å²) in [5, 5.41) is 21.3. The Balaban J connectivity index is 1.15. The van der Waals surface area contributed by atoms with E-state index in [1.165, 1.54) is 0 Å². The molecule has 0 saturated heterocycles. The Bertz CT molecular complexity index is 1360. The monoisotopic (exact) mass is 587 g/mol. The average molecular weight is 588 g/mol. The maximum Gasteiger partial charge on any atom is 0.251 e. The van der Waals surface area contributed by atoms with Crippen molar-refractivity contribution in [3.8, 4) is 5.75 Å². The Morgan fingerprint density at radius 1 is 0.674 bits per heavy atom. The highest BCUT2D eigenvalue weighted by molar-refractivity contribution is 5.94. The number of aliphatic hydroxyl groups excluding tert-OH is 1. The van der Waals surface area contributed by atoms with Gasteiger partial charge in [0.25, 0.3) is 5.91 Å². The van der Waals surface area contributed by atoms with Crippen molar-refractivity contribution in [2.24, 2.45) is 0 Å². The normalized spacial score (nSPS) is 10.6. The second kappa shape index (κ2) is 17.9. The van der Waals surface area contributed by atoms with Crippen molar-refractivity contribution in [1.29, 1.82) is 0 Å². The van der Waals surface area contributed by atoms with Gasteiger partial charge in [-0.05, 0) is 42.0 Å². The van der Waals surface area contributed by atoms with E-state index >= 15 is 0 Å². The summed E-state index contributed by atoms with van der Waals surface area (Å²) < 4.78 is 17.0. The SMILES string of the molecule is O=C(NCCOCCOCCNc1nc(NCCO)nc(Nc2ccc(OCc3ccccc3)cc2)n1)c1ccccc1. The van der Waals surface area contributed by atoms with Gasteiger partial charge in [-0.3, -0.25) is 4.79 Å². The molecule has 0 radical (unpaired) electrons. The van der Waals surface area contributed by atoms with E-state index < -0.39 is 0 Å². The number of amides is 1. The molecular formula is C31H37N7O5. The Hall–Kier alpha value is -4.78. The van der Waals surface area contributed by atoms with Gasteiger partial charge >= 0.3 is 0 Å². The van der Waals surface area contributed by atoms with E-state index in [0.29, 0.717) is 76.1 Å². The maximum atomic E-state index is 12.0. The zero-order chi connectivity index (χ0) is 30.0. The summed E-state index contributed by atoms with van der Waals surface area (Å²) in [7, 11) is 0. The summed E-state index contributed by atoms with van der Waals surface area (Å²) in [5.74, 6) is 1.64. The molecule has 43 heavy (non-hydrogen) atoms. The van der Waals surface area contributed by atoms with Crippen molar-refractivity contribution in [1.82, 2.24) is 20.3 Å². The summed E-state index contributed by atoms with van der Waals surface area (Å²) in [6.45, 7) is 3.24. The molecule has 0 spiro atoms. The van der Waals surface area contributed by atoms with Crippen LogP contribution >= 0.6 is 0 Å². The molecule has 5 N–H and O–H groups in total. The minimum absolute atomic E-state index is 0.0586. The van der Waals surface area contributed by atoms with Crippen LogP contribution in [0, 0.1) is 0 Å². The molecule has 1 amide bonds. The van der Waals surface area contributed by atoms with Gasteiger partial charge in [0.15, 0.2) is 0 Å². The molecule has 0 unspecified atom stereocenters. The number of hydrogen-bond donors (Lipinski definition) is 5. The fourth-order valence-electron chi connectivity index (χ4n) is 3.75. The third-order valence-electron chi connectivity index (χ3n) is 5.86. The highest BCUT2D eigenvalue weighted by Crippen LogP contribution is 2.20. The number of benzene rings is 3. The van der Waals surface area contributed by atoms with E-state index in [1.54, 1.807) is 12.1 Å². The minimum atomic E-state index is -0.125. The number of carbonyl (C=O) groups excluding carboxylic acids is 1. The highest BCUT2D eigenvalue weighted by Gasteiger charge is 2.08. The van der Waals surface area contributed by atoms with Crippen LogP contribution in [-0.4, -0.2) is 78.6 Å². The van der Waals surface area contributed by atoms with Gasteiger partial charge in [0.2, 0.25) is 17.8 Å². The van der Waals surface area contributed by atoms with Gasteiger partial charge in [-0.15, -0.1) is 0 Å². The molecule has 12 heteroatoms. The van der Waals surface area contributed by atoms with Gasteiger partial charge in [0, 0.05) is 30.9 Å². The lowest BCUT2D eigenvalue weighted by Gasteiger charge is -2.12. The van der Waals surface area contributed by atoms with Gasteiger partial charge in [-0.1, -0.05) is 48.5 Å². The van der Waals surface area contributed by atoms with Crippen LogP contribution in [0.3, 0.4) is 0 Å². The molecule has 3 aromatic carbocycles. The third kappa shape index (κ3) is 11.6. The van der Waals surface area contributed by atoms with Crippen LogP contribution in [0.1, 0.15) is 15.9 Å². The summed E-state index contributed by atoms with van der Waals surface area (Å²) in [6.07, 6.45) is 0. The first-order valence-electron chi connectivity index (χ1n) is 14.1. The second-order valence-electron chi connectivity index (χ2n) is 9.15. The molecule has 12 nitrogen and oxygen atoms in total. The summed E-state index contributed by atoms with van der Waals surface area (Å²) in [6, 6.07) is 26.5. The largest absolute Gasteiger partial charge is 0.489 e. The zero-order valence-corrected chi connectivity index (χ0v) is 23.9. The lowest BCUT2D eigenvalue weighted by atomic mass is 10.2. The number of carbonyl (C=O) groups is 1. The highest BCUT2D eigenvalue weighted by atomic mass is 16.5. The molecule has 1 aromatic heterocycles. The molecule has 4 rings (SSSR count). The molecule has 0 atom stereocenters. The lowest BCUT2D eigenvalue weighted by molar-refractivity contribution is 0.0519. The fourth-order valence-corrected chi connectivity index (χ4v) is 3.75. The standard InChI is InChI=1S/C31H37N7O5/c39-18-15-33-29-36-30(34-17-20-42-22-21-41-19-16-32-28(40)25-9-5-2-6-10-25)38-31(37-29)35-26-11-13-27(14-12-26)43-23-24-7-3-1-4-8-24/h1-14,39H,15-23H2,(H,32,40)(H3,33,34,35,36,37,38). The number of nitrogens with one attached hydrogen (secondary N) is 4. The van der Waals surface area contributed by atoms with Crippen LogP contribution < -0.4 is 26.0 Å². The van der Waals surface area contributed by atoms with Crippen molar-refractivity contribution >= 4 is 29.4 Å². The first kappa shape index (κ1) is 31.2. The number of nitrogens with zero attached hydrogens (tertiary/aromatic N) is 3. The fraction of sp³-hybridized carbons (Fsp3) is 0.290. The van der Waals surface area contributed by atoms with Crippen LogP contribution in [0.5, 0.6) is 5.75 Å². The van der Waals surface area contributed by atoms with E-state index in [2.05, 4.69) is 36.2 Å². The van der Waals surface area contributed by atoms with E-state index in [1.807, 2.05) is 72.8 Å². The molecule has 4 aromatic rings. The third-order valence-corrected chi connectivity index (χ3v) is 5.86. The second-order valence-corrected chi connectivity index (χ2v) is 9.15. The topological polar surface area (TPSA) is 152 Å². The van der Waals surface area contributed by atoms with Crippen molar-refractivity contribution in [2.75, 3.05) is 68.6 Å². The van der Waals surface area contributed by atoms with Crippen LogP contribution in [0.15, 0.2) is 84.9 Å². The van der Waals surface area contributed by atoms with E-state index in [4.69, 9.17) is 14.2 Å². The maximum absolute atomic E-state index is 12.0. The van der Waals surface area contributed by atoms with Crippen LogP contribution in [0.4, 0.5) is 23.5 Å². The van der Waals surface area contributed by atoms with Gasteiger partial charge in [0.05, 0.1) is 33.0 Å². The van der Waals surface area contributed by atoms with Crippen LogP contribution in [0.25, 0.3) is 0 Å². The summed E-state index contributed by atoms with van der Waals surface area (Å²) >= 11 is 0. The Kier molecular flexibility index (Phi) is 13.0. The van der Waals surface area contributed by atoms with Crippen molar-refractivity contribution < 1.29 is 24.1 Å². The average Bonchev–Trinajstić information content (AvgIpc) is 3.05. The van der Waals surface area contributed by atoms with Gasteiger partial charge in [-0.2, -0.15) is 15.0 Å². The number of aliphatic hydroxyl groups is 1.